The highest BCUT2D eigenvalue weighted by molar-refractivity contribution is 5.92. The van der Waals surface area contributed by atoms with Gasteiger partial charge >= 0.3 is 5.97 Å². The van der Waals surface area contributed by atoms with Crippen LogP contribution in [0.1, 0.15) is 49.4 Å². The van der Waals surface area contributed by atoms with Gasteiger partial charge < -0.3 is 15.0 Å². The maximum absolute atomic E-state index is 11.6. The highest BCUT2D eigenvalue weighted by Gasteiger charge is 2.34. The molecule has 2 rings (SSSR count). The lowest BCUT2D eigenvalue weighted by Gasteiger charge is -2.39. The first-order chi connectivity index (χ1) is 8.50. The van der Waals surface area contributed by atoms with Crippen LogP contribution in [-0.2, 0) is 17.7 Å². The fraction of sp³-hybridized carbons (Fsp3) is 0.692. The number of esters is 1. The van der Waals surface area contributed by atoms with Crippen LogP contribution < -0.4 is 5.73 Å². The van der Waals surface area contributed by atoms with E-state index in [0.717, 1.165) is 18.8 Å². The van der Waals surface area contributed by atoms with Crippen LogP contribution in [0.15, 0.2) is 0 Å². The van der Waals surface area contributed by atoms with Crippen molar-refractivity contribution in [2.75, 3.05) is 12.8 Å². The third-order valence-corrected chi connectivity index (χ3v) is 3.88. The van der Waals surface area contributed by atoms with Gasteiger partial charge in [-0.1, -0.05) is 20.3 Å². The quantitative estimate of drug-likeness (QED) is 0.831. The Kier molecular flexibility index (Phi) is 3.32. The number of hydrogen-bond donors (Lipinski definition) is 1. The SMILES string of the molecule is CCc1nc(C(=O)OC)c(N)n1CC1(C)CCC1. The third-order valence-electron chi connectivity index (χ3n) is 3.88. The molecule has 18 heavy (non-hydrogen) atoms. The number of anilines is 1. The molecule has 0 saturated heterocycles. The van der Waals surface area contributed by atoms with Crippen molar-refractivity contribution in [3.63, 3.8) is 0 Å². The molecule has 0 amide bonds. The summed E-state index contributed by atoms with van der Waals surface area (Å²) in [6, 6.07) is 0. The number of ether oxygens (including phenoxy) is 1. The van der Waals surface area contributed by atoms with Crippen LogP contribution in [0.2, 0.25) is 0 Å². The van der Waals surface area contributed by atoms with Crippen molar-refractivity contribution in [1.29, 1.82) is 0 Å². The Morgan fingerprint density at radius 1 is 1.56 bits per heavy atom. The molecule has 1 aromatic rings. The number of carbonyl (C=O) groups is 1. The number of hydrogen-bond acceptors (Lipinski definition) is 4. The molecule has 5 nitrogen and oxygen atoms in total. The van der Waals surface area contributed by atoms with Crippen LogP contribution in [0.5, 0.6) is 0 Å². The molecule has 0 bridgehead atoms. The molecular formula is C13H21N3O2. The molecule has 1 aromatic heterocycles. The standard InChI is InChI=1S/C13H21N3O2/c1-4-9-15-10(12(17)18-3)11(14)16(9)8-13(2)6-5-7-13/h4-8,14H2,1-3H3. The van der Waals surface area contributed by atoms with E-state index in [1.165, 1.54) is 26.4 Å². The van der Waals surface area contributed by atoms with Gasteiger partial charge in [-0.25, -0.2) is 9.78 Å². The second-order valence-corrected chi connectivity index (χ2v) is 5.36. The highest BCUT2D eigenvalue weighted by atomic mass is 16.5. The maximum atomic E-state index is 11.6. The van der Waals surface area contributed by atoms with Gasteiger partial charge in [-0.3, -0.25) is 0 Å². The normalized spacial score (nSPS) is 17.3. The minimum atomic E-state index is -0.459. The average Bonchev–Trinajstić information content (AvgIpc) is 2.64. The number of nitrogens with two attached hydrogens (primary N) is 1. The van der Waals surface area contributed by atoms with Gasteiger partial charge in [0.25, 0.3) is 0 Å². The summed E-state index contributed by atoms with van der Waals surface area (Å²) in [6.45, 7) is 5.11. The molecular weight excluding hydrogens is 230 g/mol. The molecule has 1 saturated carbocycles. The predicted molar refractivity (Wildman–Crippen MR) is 69.3 cm³/mol. The van der Waals surface area contributed by atoms with Gasteiger partial charge in [0.05, 0.1) is 7.11 Å². The van der Waals surface area contributed by atoms with Gasteiger partial charge in [-0.15, -0.1) is 0 Å². The second kappa shape index (κ2) is 4.63. The summed E-state index contributed by atoms with van der Waals surface area (Å²) in [4.78, 5) is 15.9. The van der Waals surface area contributed by atoms with E-state index in [1.807, 2.05) is 11.5 Å². The zero-order valence-corrected chi connectivity index (χ0v) is 11.3. The topological polar surface area (TPSA) is 70.1 Å². The van der Waals surface area contributed by atoms with Crippen molar-refractivity contribution in [2.45, 2.75) is 46.1 Å². The van der Waals surface area contributed by atoms with E-state index in [0.29, 0.717) is 11.2 Å². The summed E-state index contributed by atoms with van der Waals surface area (Å²) in [6.07, 6.45) is 4.45. The van der Waals surface area contributed by atoms with Crippen molar-refractivity contribution >= 4 is 11.8 Å². The lowest BCUT2D eigenvalue weighted by molar-refractivity contribution is 0.0595. The van der Waals surface area contributed by atoms with Crippen LogP contribution in [0, 0.1) is 5.41 Å². The molecule has 0 aliphatic heterocycles. The van der Waals surface area contributed by atoms with E-state index >= 15 is 0 Å². The van der Waals surface area contributed by atoms with E-state index in [4.69, 9.17) is 10.5 Å². The minimum absolute atomic E-state index is 0.247. The Labute approximate surface area is 107 Å². The Bertz CT molecular complexity index is 461. The van der Waals surface area contributed by atoms with E-state index in [-0.39, 0.29) is 5.69 Å². The van der Waals surface area contributed by atoms with Crippen LogP contribution >= 0.6 is 0 Å². The van der Waals surface area contributed by atoms with Gasteiger partial charge in [0.15, 0.2) is 5.69 Å². The molecule has 0 radical (unpaired) electrons. The van der Waals surface area contributed by atoms with Gasteiger partial charge in [0.1, 0.15) is 11.6 Å². The molecule has 0 spiro atoms. The van der Waals surface area contributed by atoms with Crippen LogP contribution in [0.4, 0.5) is 5.82 Å². The van der Waals surface area contributed by atoms with Crippen molar-refractivity contribution in [1.82, 2.24) is 9.55 Å². The molecule has 1 aliphatic carbocycles. The first-order valence-corrected chi connectivity index (χ1v) is 6.44. The van der Waals surface area contributed by atoms with Crippen LogP contribution in [-0.4, -0.2) is 22.6 Å². The van der Waals surface area contributed by atoms with E-state index in [1.54, 1.807) is 0 Å². The monoisotopic (exact) mass is 251 g/mol. The van der Waals surface area contributed by atoms with Crippen molar-refractivity contribution in [3.05, 3.63) is 11.5 Å². The smallest absolute Gasteiger partial charge is 0.360 e. The number of methoxy groups -OCH3 is 1. The molecule has 1 heterocycles. The lowest BCUT2D eigenvalue weighted by Crippen LogP contribution is -2.31. The average molecular weight is 251 g/mol. The molecule has 2 N–H and O–H groups in total. The number of aryl methyl sites for hydroxylation is 1. The molecule has 1 fully saturated rings. The number of nitrogens with zero attached hydrogens (tertiary/aromatic N) is 2. The lowest BCUT2D eigenvalue weighted by atomic mass is 9.70. The summed E-state index contributed by atoms with van der Waals surface area (Å²) < 4.78 is 6.68. The van der Waals surface area contributed by atoms with E-state index < -0.39 is 5.97 Å². The highest BCUT2D eigenvalue weighted by Crippen LogP contribution is 2.42. The van der Waals surface area contributed by atoms with Crippen molar-refractivity contribution in [3.8, 4) is 0 Å². The minimum Gasteiger partial charge on any atom is -0.464 e. The number of rotatable bonds is 4. The zero-order chi connectivity index (χ0) is 13.3. The van der Waals surface area contributed by atoms with Gasteiger partial charge in [-0.05, 0) is 18.3 Å². The van der Waals surface area contributed by atoms with Gasteiger partial charge in [0, 0.05) is 13.0 Å². The Balaban J connectivity index is 2.33. The predicted octanol–water partition coefficient (Wildman–Crippen LogP) is 2.00. The van der Waals surface area contributed by atoms with Crippen molar-refractivity contribution in [2.24, 2.45) is 5.41 Å². The molecule has 1 aliphatic rings. The van der Waals surface area contributed by atoms with Gasteiger partial charge in [0.2, 0.25) is 0 Å². The summed E-state index contributed by atoms with van der Waals surface area (Å²) in [5.41, 5.74) is 6.59. The molecule has 0 unspecified atom stereocenters. The Hall–Kier alpha value is -1.52. The summed E-state index contributed by atoms with van der Waals surface area (Å²) in [5, 5.41) is 0. The maximum Gasteiger partial charge on any atom is 0.360 e. The largest absolute Gasteiger partial charge is 0.464 e. The molecule has 0 aromatic carbocycles. The van der Waals surface area contributed by atoms with Crippen molar-refractivity contribution < 1.29 is 9.53 Å². The third kappa shape index (κ3) is 2.09. The van der Waals surface area contributed by atoms with Crippen LogP contribution in [0.25, 0.3) is 0 Å². The molecule has 100 valence electrons. The Morgan fingerprint density at radius 2 is 2.22 bits per heavy atom. The molecule has 0 atom stereocenters. The van der Waals surface area contributed by atoms with Gasteiger partial charge in [-0.2, -0.15) is 0 Å². The fourth-order valence-electron chi connectivity index (χ4n) is 2.53. The number of carbonyl (C=O) groups excluding carboxylic acids is 1. The fourth-order valence-corrected chi connectivity index (χ4v) is 2.53. The van der Waals surface area contributed by atoms with E-state index in [2.05, 4.69) is 11.9 Å². The summed E-state index contributed by atoms with van der Waals surface area (Å²) in [7, 11) is 1.35. The van der Waals surface area contributed by atoms with E-state index in [9.17, 15) is 4.79 Å². The number of aromatic nitrogens is 2. The summed E-state index contributed by atoms with van der Waals surface area (Å²) in [5.74, 6) is 0.840. The zero-order valence-electron chi connectivity index (χ0n) is 11.3. The Morgan fingerprint density at radius 3 is 2.67 bits per heavy atom. The first-order valence-electron chi connectivity index (χ1n) is 6.44. The first kappa shape index (κ1) is 12.9. The van der Waals surface area contributed by atoms with Crippen LogP contribution in [0.3, 0.4) is 0 Å². The summed E-state index contributed by atoms with van der Waals surface area (Å²) >= 11 is 0. The molecule has 5 heteroatoms. The second-order valence-electron chi connectivity index (χ2n) is 5.36. The number of nitrogen functional groups attached to an aromatic ring is 1. The number of imidazole rings is 1.